The molecule has 0 spiro atoms. The first-order valence-corrected chi connectivity index (χ1v) is 8.78. The second-order valence-electron chi connectivity index (χ2n) is 6.39. The van der Waals surface area contributed by atoms with Gasteiger partial charge in [-0.2, -0.15) is 10.2 Å². The molecule has 0 aliphatic rings. The summed E-state index contributed by atoms with van der Waals surface area (Å²) < 4.78 is 35.0. The van der Waals surface area contributed by atoms with Crippen LogP contribution in [0.5, 0.6) is 0 Å². The van der Waals surface area contributed by atoms with Crippen LogP contribution in [0, 0.1) is 0 Å². The molecule has 4 rings (SSSR count). The third-order valence-corrected chi connectivity index (χ3v) is 4.27. The van der Waals surface area contributed by atoms with E-state index in [1.54, 1.807) is 42.2 Å². The van der Waals surface area contributed by atoms with Gasteiger partial charge in [0.25, 0.3) is 12.3 Å². The quantitative estimate of drug-likeness (QED) is 0.502. The van der Waals surface area contributed by atoms with Gasteiger partial charge in [-0.1, -0.05) is 12.1 Å². The van der Waals surface area contributed by atoms with Gasteiger partial charge in [-0.3, -0.25) is 9.48 Å². The van der Waals surface area contributed by atoms with Crippen LogP contribution in [-0.2, 0) is 13.7 Å². The summed E-state index contributed by atoms with van der Waals surface area (Å²) in [6.07, 6.45) is 2.71. The molecule has 0 unspecified atom stereocenters. The van der Waals surface area contributed by atoms with Crippen molar-refractivity contribution in [2.45, 2.75) is 13.0 Å². The van der Waals surface area contributed by atoms with Crippen LogP contribution in [0.15, 0.2) is 53.5 Å². The van der Waals surface area contributed by atoms with Gasteiger partial charge in [0, 0.05) is 13.2 Å². The molecule has 30 heavy (non-hydrogen) atoms. The monoisotopic (exact) mass is 414 g/mol. The Morgan fingerprint density at radius 3 is 2.67 bits per heavy atom. The molecule has 3 heterocycles. The van der Waals surface area contributed by atoms with Crippen LogP contribution in [0.3, 0.4) is 0 Å². The summed E-state index contributed by atoms with van der Waals surface area (Å²) in [5, 5.41) is 19.4. The lowest BCUT2D eigenvalue weighted by atomic mass is 10.2. The summed E-state index contributed by atoms with van der Waals surface area (Å²) in [6, 6.07) is 6.54. The lowest BCUT2D eigenvalue weighted by molar-refractivity contribution is 0.102. The fraction of sp³-hybridized carbons (Fsp3) is 0.158. The van der Waals surface area contributed by atoms with Crippen LogP contribution in [-0.4, -0.2) is 35.6 Å². The van der Waals surface area contributed by atoms with Gasteiger partial charge < -0.3 is 14.8 Å². The fourth-order valence-electron chi connectivity index (χ4n) is 2.76. The first kappa shape index (κ1) is 19.5. The summed E-state index contributed by atoms with van der Waals surface area (Å²) in [6.45, 7) is -0.137. The minimum atomic E-state index is -2.90. The van der Waals surface area contributed by atoms with Crippen molar-refractivity contribution < 1.29 is 23.1 Å². The number of carbonyl (C=O) groups excluding carboxylic acids is 1. The van der Waals surface area contributed by atoms with Gasteiger partial charge in [0.05, 0.1) is 35.9 Å². The first-order chi connectivity index (χ1) is 14.4. The van der Waals surface area contributed by atoms with Crippen molar-refractivity contribution >= 4 is 11.6 Å². The minimum absolute atomic E-state index is 0.0749. The Labute approximate surface area is 168 Å². The Morgan fingerprint density at radius 2 is 2.03 bits per heavy atom. The van der Waals surface area contributed by atoms with E-state index >= 15 is 0 Å². The number of alkyl halides is 2. The molecular formula is C19H16F2N6O3. The van der Waals surface area contributed by atoms with Gasteiger partial charge in [0.15, 0.2) is 11.4 Å². The number of rotatable bonds is 6. The molecule has 0 saturated heterocycles. The van der Waals surface area contributed by atoms with Crippen molar-refractivity contribution in [3.05, 3.63) is 66.1 Å². The van der Waals surface area contributed by atoms with Gasteiger partial charge in [-0.15, -0.1) is 0 Å². The molecule has 2 N–H and O–H groups in total. The van der Waals surface area contributed by atoms with Crippen molar-refractivity contribution in [3.63, 3.8) is 0 Å². The Morgan fingerprint density at radius 1 is 1.27 bits per heavy atom. The zero-order chi connectivity index (χ0) is 21.3. The van der Waals surface area contributed by atoms with E-state index in [0.29, 0.717) is 16.8 Å². The second-order valence-corrected chi connectivity index (χ2v) is 6.39. The van der Waals surface area contributed by atoms with E-state index in [-0.39, 0.29) is 23.9 Å². The average Bonchev–Trinajstić information content (AvgIpc) is 3.47. The molecule has 0 saturated carbocycles. The molecule has 0 atom stereocenters. The average molecular weight is 414 g/mol. The maximum absolute atomic E-state index is 13.5. The van der Waals surface area contributed by atoms with Crippen LogP contribution in [0.25, 0.3) is 17.1 Å². The van der Waals surface area contributed by atoms with Gasteiger partial charge in [-0.05, 0) is 17.7 Å². The zero-order valence-corrected chi connectivity index (χ0v) is 15.7. The maximum atomic E-state index is 13.5. The number of anilines is 1. The van der Waals surface area contributed by atoms with Gasteiger partial charge >= 0.3 is 0 Å². The Bertz CT molecular complexity index is 1180. The number of nitrogens with one attached hydrogen (secondary N) is 1. The van der Waals surface area contributed by atoms with Crippen molar-refractivity contribution in [3.8, 4) is 17.1 Å². The highest BCUT2D eigenvalue weighted by Gasteiger charge is 2.22. The summed E-state index contributed by atoms with van der Waals surface area (Å²) >= 11 is 0. The predicted molar refractivity (Wildman–Crippen MR) is 101 cm³/mol. The third-order valence-electron chi connectivity index (χ3n) is 4.27. The molecule has 154 valence electrons. The Hall–Kier alpha value is -3.86. The van der Waals surface area contributed by atoms with Crippen LogP contribution in [0.2, 0.25) is 0 Å². The number of hydrogen-bond donors (Lipinski definition) is 2. The molecule has 1 amide bonds. The highest BCUT2D eigenvalue weighted by atomic mass is 19.3. The fourth-order valence-corrected chi connectivity index (χ4v) is 2.76. The molecule has 0 aliphatic heterocycles. The van der Waals surface area contributed by atoms with E-state index in [1.807, 2.05) is 0 Å². The van der Waals surface area contributed by atoms with E-state index in [2.05, 4.69) is 20.5 Å². The van der Waals surface area contributed by atoms with Gasteiger partial charge in [0.1, 0.15) is 6.26 Å². The van der Waals surface area contributed by atoms with Crippen LogP contribution >= 0.6 is 0 Å². The van der Waals surface area contributed by atoms with Crippen LogP contribution < -0.4 is 5.32 Å². The normalized spacial score (nSPS) is 11.2. The van der Waals surface area contributed by atoms with Gasteiger partial charge in [-0.25, -0.2) is 18.4 Å². The maximum Gasteiger partial charge on any atom is 0.284 e. The van der Waals surface area contributed by atoms with Crippen LogP contribution in [0.4, 0.5) is 14.5 Å². The number of aliphatic hydroxyl groups is 1. The molecule has 0 fully saturated rings. The number of hydrogen-bond acceptors (Lipinski definition) is 6. The highest BCUT2D eigenvalue weighted by Crippen LogP contribution is 2.28. The van der Waals surface area contributed by atoms with Crippen LogP contribution in [0.1, 0.15) is 28.2 Å². The van der Waals surface area contributed by atoms with E-state index in [9.17, 15) is 13.6 Å². The summed E-state index contributed by atoms with van der Waals surface area (Å²) in [5.41, 5.74) is 0.940. The van der Waals surface area contributed by atoms with E-state index in [1.165, 1.54) is 17.1 Å². The van der Waals surface area contributed by atoms with Crippen molar-refractivity contribution in [1.29, 1.82) is 0 Å². The van der Waals surface area contributed by atoms with Crippen molar-refractivity contribution in [2.75, 3.05) is 5.32 Å². The number of aromatic nitrogens is 5. The first-order valence-electron chi connectivity index (χ1n) is 8.78. The molecule has 9 nitrogen and oxygen atoms in total. The molecule has 3 aromatic heterocycles. The van der Waals surface area contributed by atoms with Gasteiger partial charge in [0.2, 0.25) is 5.89 Å². The number of aryl methyl sites for hydroxylation is 1. The molecule has 0 aliphatic carbocycles. The standard InChI is InChI=1S/C19H16F2N6O3/c1-26-7-12(6-22-26)19-24-15(10-30-19)18(29)23-14-8-27(25-16(14)17(20)21)13-4-2-11(9-28)3-5-13/h2-8,10,17,28H,9H2,1H3,(H,23,29). The Balaban J connectivity index is 1.58. The summed E-state index contributed by atoms with van der Waals surface area (Å²) in [7, 11) is 1.72. The van der Waals surface area contributed by atoms with E-state index in [0.717, 1.165) is 6.26 Å². The van der Waals surface area contributed by atoms with Crippen molar-refractivity contribution in [1.82, 2.24) is 24.5 Å². The zero-order valence-electron chi connectivity index (χ0n) is 15.7. The number of benzene rings is 1. The number of carbonyl (C=O) groups is 1. The molecular weight excluding hydrogens is 398 g/mol. The van der Waals surface area contributed by atoms with Crippen molar-refractivity contribution in [2.24, 2.45) is 7.05 Å². The Kier molecular flexibility index (Phi) is 5.11. The molecule has 0 bridgehead atoms. The largest absolute Gasteiger partial charge is 0.444 e. The summed E-state index contributed by atoms with van der Waals surface area (Å²) in [5.74, 6) is -0.534. The molecule has 11 heteroatoms. The summed E-state index contributed by atoms with van der Waals surface area (Å²) in [4.78, 5) is 16.6. The molecule has 0 radical (unpaired) electrons. The molecule has 1 aromatic carbocycles. The predicted octanol–water partition coefficient (Wildman–Crippen LogP) is 2.94. The third kappa shape index (κ3) is 3.82. The number of nitrogens with zero attached hydrogens (tertiary/aromatic N) is 5. The topological polar surface area (TPSA) is 111 Å². The van der Waals surface area contributed by atoms with E-state index < -0.39 is 18.0 Å². The lowest BCUT2D eigenvalue weighted by Gasteiger charge is -2.02. The highest BCUT2D eigenvalue weighted by molar-refractivity contribution is 6.03. The molecule has 4 aromatic rings. The number of aliphatic hydroxyl groups excluding tert-OH is 1. The van der Waals surface area contributed by atoms with E-state index in [4.69, 9.17) is 9.52 Å². The number of amides is 1. The second kappa shape index (κ2) is 7.87. The smallest absolute Gasteiger partial charge is 0.284 e. The lowest BCUT2D eigenvalue weighted by Crippen LogP contribution is -2.13. The minimum Gasteiger partial charge on any atom is -0.444 e. The number of oxazole rings is 1. The SMILES string of the molecule is Cn1cc(-c2nc(C(=O)Nc3cn(-c4ccc(CO)cc4)nc3C(F)F)co2)cn1. The number of halogens is 2.